The van der Waals surface area contributed by atoms with Crippen LogP contribution in [0.15, 0.2) is 43.0 Å². The molecular formula is C21H31NO4. The Bertz CT molecular complexity index is 581. The van der Waals surface area contributed by atoms with Crippen LogP contribution in [0.2, 0.25) is 0 Å². The summed E-state index contributed by atoms with van der Waals surface area (Å²) >= 11 is 0. The summed E-state index contributed by atoms with van der Waals surface area (Å²) in [5, 5.41) is 0. The van der Waals surface area contributed by atoms with E-state index < -0.39 is 11.9 Å². The van der Waals surface area contributed by atoms with Gasteiger partial charge in [-0.2, -0.15) is 0 Å². The first-order valence-electron chi connectivity index (χ1n) is 9.28. The molecule has 0 radical (unpaired) electrons. The number of carbonyl (C=O) groups excluding carboxylic acids is 1. The highest BCUT2D eigenvalue weighted by atomic mass is 16.7. The first kappa shape index (κ1) is 20.5. The summed E-state index contributed by atoms with van der Waals surface area (Å²) in [4.78, 5) is 14.4. The van der Waals surface area contributed by atoms with Gasteiger partial charge < -0.3 is 14.2 Å². The Kier molecular flexibility index (Phi) is 7.23. The highest BCUT2D eigenvalue weighted by molar-refractivity contribution is 5.69. The van der Waals surface area contributed by atoms with Crippen molar-refractivity contribution in [2.24, 2.45) is 0 Å². The van der Waals surface area contributed by atoms with Gasteiger partial charge >= 0.3 is 6.09 Å². The molecule has 0 spiro atoms. The first-order valence-corrected chi connectivity index (χ1v) is 9.28. The van der Waals surface area contributed by atoms with Crippen molar-refractivity contribution in [1.82, 2.24) is 4.90 Å². The molecular weight excluding hydrogens is 330 g/mol. The zero-order valence-corrected chi connectivity index (χ0v) is 16.3. The summed E-state index contributed by atoms with van der Waals surface area (Å²) in [7, 11) is 0. The van der Waals surface area contributed by atoms with E-state index in [1.165, 1.54) is 0 Å². The van der Waals surface area contributed by atoms with E-state index in [1.807, 2.05) is 51.1 Å². The van der Waals surface area contributed by atoms with Crippen molar-refractivity contribution in [3.05, 3.63) is 48.6 Å². The van der Waals surface area contributed by atoms with Gasteiger partial charge in [-0.3, -0.25) is 4.90 Å². The smallest absolute Gasteiger partial charge is 0.410 e. The van der Waals surface area contributed by atoms with E-state index in [-0.39, 0.29) is 18.2 Å². The van der Waals surface area contributed by atoms with Crippen molar-refractivity contribution in [1.29, 1.82) is 0 Å². The minimum atomic E-state index is -0.556. The van der Waals surface area contributed by atoms with E-state index >= 15 is 0 Å². The van der Waals surface area contributed by atoms with Gasteiger partial charge in [0.1, 0.15) is 5.60 Å². The number of hydrogen-bond donors (Lipinski definition) is 0. The van der Waals surface area contributed by atoms with E-state index in [1.54, 1.807) is 11.0 Å². The van der Waals surface area contributed by atoms with Crippen LogP contribution in [0, 0.1) is 0 Å². The molecule has 1 aliphatic rings. The molecule has 2 rings (SSSR count). The molecule has 5 nitrogen and oxygen atoms in total. The Morgan fingerprint density at radius 2 is 2.04 bits per heavy atom. The molecule has 0 N–H and O–H groups in total. The van der Waals surface area contributed by atoms with Gasteiger partial charge in [-0.15, -0.1) is 6.58 Å². The lowest BCUT2D eigenvalue weighted by molar-refractivity contribution is -0.242. The molecule has 1 fully saturated rings. The summed E-state index contributed by atoms with van der Waals surface area (Å²) in [5.74, 6) is 0. The number of ether oxygens (including phenoxy) is 3. The van der Waals surface area contributed by atoms with Crippen LogP contribution < -0.4 is 0 Å². The normalized spacial score (nSPS) is 23.3. The van der Waals surface area contributed by atoms with Crippen LogP contribution in [-0.2, 0) is 14.2 Å². The van der Waals surface area contributed by atoms with Crippen molar-refractivity contribution in [3.63, 3.8) is 0 Å². The average Bonchev–Trinajstić information content (AvgIpc) is 2.59. The van der Waals surface area contributed by atoms with Crippen molar-refractivity contribution in [2.75, 3.05) is 13.2 Å². The van der Waals surface area contributed by atoms with Gasteiger partial charge in [0.2, 0.25) is 0 Å². The lowest BCUT2D eigenvalue weighted by Gasteiger charge is -2.42. The average molecular weight is 361 g/mol. The summed E-state index contributed by atoms with van der Waals surface area (Å²) in [5.41, 5.74) is 0.430. The molecule has 1 aromatic carbocycles. The topological polar surface area (TPSA) is 48.0 Å². The molecule has 26 heavy (non-hydrogen) atoms. The fourth-order valence-corrected chi connectivity index (χ4v) is 3.01. The quantitative estimate of drug-likeness (QED) is 0.690. The predicted octanol–water partition coefficient (Wildman–Crippen LogP) is 4.69. The fourth-order valence-electron chi connectivity index (χ4n) is 3.01. The van der Waals surface area contributed by atoms with Gasteiger partial charge in [0.25, 0.3) is 0 Å². The van der Waals surface area contributed by atoms with Crippen LogP contribution in [0.1, 0.15) is 52.4 Å². The number of carbonyl (C=O) groups is 1. The Morgan fingerprint density at radius 1 is 1.35 bits per heavy atom. The zero-order chi connectivity index (χ0) is 19.2. The number of amides is 1. The predicted molar refractivity (Wildman–Crippen MR) is 102 cm³/mol. The van der Waals surface area contributed by atoms with Gasteiger partial charge in [0, 0.05) is 12.1 Å². The summed E-state index contributed by atoms with van der Waals surface area (Å²) in [6, 6.07) is 9.67. The van der Waals surface area contributed by atoms with E-state index in [9.17, 15) is 4.79 Å². The maximum atomic E-state index is 12.7. The lowest BCUT2D eigenvalue weighted by atomic mass is 10.0. The number of benzene rings is 1. The van der Waals surface area contributed by atoms with Crippen LogP contribution >= 0.6 is 0 Å². The molecule has 144 valence electrons. The molecule has 0 aromatic heterocycles. The van der Waals surface area contributed by atoms with Crippen LogP contribution in [0.25, 0.3) is 0 Å². The Labute approximate surface area is 156 Å². The molecule has 1 amide bonds. The molecule has 0 aliphatic carbocycles. The molecule has 1 aliphatic heterocycles. The molecule has 0 bridgehead atoms. The monoisotopic (exact) mass is 361 g/mol. The van der Waals surface area contributed by atoms with Gasteiger partial charge in [-0.1, -0.05) is 49.8 Å². The zero-order valence-electron chi connectivity index (χ0n) is 16.3. The molecule has 0 saturated carbocycles. The number of rotatable bonds is 6. The summed E-state index contributed by atoms with van der Waals surface area (Å²) < 4.78 is 17.8. The first-order chi connectivity index (χ1) is 12.4. The molecule has 5 heteroatoms. The third kappa shape index (κ3) is 5.58. The van der Waals surface area contributed by atoms with E-state index in [4.69, 9.17) is 14.2 Å². The maximum Gasteiger partial charge on any atom is 0.410 e. The van der Waals surface area contributed by atoms with Crippen LogP contribution in [0.5, 0.6) is 0 Å². The summed E-state index contributed by atoms with van der Waals surface area (Å²) in [6.07, 6.45) is 2.61. The SMILES string of the molecule is C=CCN(C(=O)OC(C)(C)C)[C@@H]1COC(c2ccccc2)O[C@H]1CCC. The van der Waals surface area contributed by atoms with E-state index in [0.29, 0.717) is 13.2 Å². The number of hydrogen-bond acceptors (Lipinski definition) is 4. The van der Waals surface area contributed by atoms with Crippen molar-refractivity contribution >= 4 is 6.09 Å². The Hall–Kier alpha value is -1.85. The van der Waals surface area contributed by atoms with E-state index in [0.717, 1.165) is 18.4 Å². The van der Waals surface area contributed by atoms with Gasteiger partial charge in [0.15, 0.2) is 6.29 Å². The Balaban J connectivity index is 2.16. The van der Waals surface area contributed by atoms with Crippen LogP contribution in [-0.4, -0.2) is 41.9 Å². The minimum Gasteiger partial charge on any atom is -0.444 e. The van der Waals surface area contributed by atoms with E-state index in [2.05, 4.69) is 13.5 Å². The third-order valence-electron chi connectivity index (χ3n) is 4.14. The minimum absolute atomic E-state index is 0.119. The van der Waals surface area contributed by atoms with Crippen molar-refractivity contribution < 1.29 is 19.0 Å². The van der Waals surface area contributed by atoms with Gasteiger partial charge in [-0.05, 0) is 27.2 Å². The molecule has 1 heterocycles. The number of nitrogens with zero attached hydrogens (tertiary/aromatic N) is 1. The second-order valence-corrected chi connectivity index (χ2v) is 7.53. The highest BCUT2D eigenvalue weighted by Gasteiger charge is 2.39. The van der Waals surface area contributed by atoms with Crippen molar-refractivity contribution in [2.45, 2.75) is 64.6 Å². The molecule has 1 unspecified atom stereocenters. The van der Waals surface area contributed by atoms with Crippen molar-refractivity contribution in [3.8, 4) is 0 Å². The third-order valence-corrected chi connectivity index (χ3v) is 4.14. The second-order valence-electron chi connectivity index (χ2n) is 7.53. The molecule has 1 saturated heterocycles. The van der Waals surface area contributed by atoms with Gasteiger partial charge in [0.05, 0.1) is 18.8 Å². The lowest BCUT2D eigenvalue weighted by Crippen LogP contribution is -2.54. The largest absolute Gasteiger partial charge is 0.444 e. The fraction of sp³-hybridized carbons (Fsp3) is 0.571. The van der Waals surface area contributed by atoms with Crippen LogP contribution in [0.4, 0.5) is 4.79 Å². The Morgan fingerprint density at radius 3 is 2.62 bits per heavy atom. The maximum absolute atomic E-state index is 12.7. The van der Waals surface area contributed by atoms with Crippen LogP contribution in [0.3, 0.4) is 0 Å². The molecule has 3 atom stereocenters. The standard InChI is InChI=1S/C21H31NO4/c1-6-11-18-17(22(14-7-2)20(23)26-21(3,4)5)15-24-19(25-18)16-12-9-8-10-13-16/h7-10,12-13,17-19H,2,6,11,14-15H2,1,3-5H3/t17-,18+,19?/m1/s1. The highest BCUT2D eigenvalue weighted by Crippen LogP contribution is 2.31. The van der Waals surface area contributed by atoms with Gasteiger partial charge in [-0.25, -0.2) is 4.79 Å². The molecule has 1 aromatic rings. The second kappa shape index (κ2) is 9.19. The summed E-state index contributed by atoms with van der Waals surface area (Å²) in [6.45, 7) is 12.3.